The lowest BCUT2D eigenvalue weighted by atomic mass is 9.95. The van der Waals surface area contributed by atoms with Gasteiger partial charge < -0.3 is 10.4 Å². The number of benzene rings is 1. The van der Waals surface area contributed by atoms with Crippen molar-refractivity contribution in [3.8, 4) is 0 Å². The van der Waals surface area contributed by atoms with Crippen molar-refractivity contribution >= 4 is 28.0 Å². The Morgan fingerprint density at radius 1 is 1.29 bits per heavy atom. The molecular weight excluding hydrogens is 368 g/mol. The zero-order chi connectivity index (χ0) is 20.3. The van der Waals surface area contributed by atoms with Crippen LogP contribution >= 0.6 is 10.7 Å². The van der Waals surface area contributed by atoms with Gasteiger partial charge in [-0.25, -0.2) is 4.68 Å². The van der Waals surface area contributed by atoms with E-state index in [1.54, 1.807) is 0 Å². The molecule has 1 fully saturated rings. The van der Waals surface area contributed by atoms with Gasteiger partial charge in [-0.05, 0) is 77.6 Å². The Balaban J connectivity index is 1.68. The minimum Gasteiger partial charge on any atom is -0.393 e. The molecule has 2 aliphatic rings. The monoisotopic (exact) mass is 400 g/mol. The van der Waals surface area contributed by atoms with Gasteiger partial charge >= 0.3 is 0 Å². The van der Waals surface area contributed by atoms with Crippen LogP contribution < -0.4 is 10.0 Å². The van der Waals surface area contributed by atoms with Gasteiger partial charge in [-0.2, -0.15) is 5.10 Å². The van der Waals surface area contributed by atoms with Gasteiger partial charge in [0, 0.05) is 28.1 Å². The van der Waals surface area contributed by atoms with E-state index in [2.05, 4.69) is 79.5 Å². The van der Waals surface area contributed by atoms with Crippen molar-refractivity contribution in [1.29, 1.82) is 0 Å². The fraction of sp³-hybridized carbons (Fsp3) is 0.545. The van der Waals surface area contributed by atoms with Crippen LogP contribution in [0, 0.1) is 0 Å². The van der Waals surface area contributed by atoms with Gasteiger partial charge in [0.15, 0.2) is 0 Å². The zero-order valence-electron chi connectivity index (χ0n) is 17.5. The topological polar surface area (TPSA) is 62.1 Å². The summed E-state index contributed by atoms with van der Waals surface area (Å²) in [5.41, 5.74) is 3.24. The molecule has 5 nitrogen and oxygen atoms in total. The Bertz CT molecular complexity index is 925. The molecule has 28 heavy (non-hydrogen) atoms. The van der Waals surface area contributed by atoms with Gasteiger partial charge in [0.25, 0.3) is 0 Å². The van der Waals surface area contributed by atoms with Crippen LogP contribution in [0.4, 0.5) is 11.5 Å². The second kappa shape index (κ2) is 6.71. The summed E-state index contributed by atoms with van der Waals surface area (Å²) in [6.45, 7) is 10.9. The summed E-state index contributed by atoms with van der Waals surface area (Å²) in [6, 6.07) is 8.71. The lowest BCUT2D eigenvalue weighted by Crippen LogP contribution is -2.27. The van der Waals surface area contributed by atoms with Gasteiger partial charge in [-0.1, -0.05) is 16.5 Å². The number of anilines is 2. The maximum atomic E-state index is 9.93. The van der Waals surface area contributed by atoms with E-state index in [0.29, 0.717) is 5.92 Å². The number of fused-ring (bicyclic) bond motifs is 1. The summed E-state index contributed by atoms with van der Waals surface area (Å²) in [4.78, 5) is 1.29. The van der Waals surface area contributed by atoms with Gasteiger partial charge in [-0.3, -0.25) is 4.72 Å². The molecule has 6 heteroatoms. The minimum absolute atomic E-state index is 0.0761. The standard InChI is InChI=1S/C22H32N4OS/c1-21(2,3)26-20(13-18(24-26)14-7-9-16(27)11-14)23-15-8-10-19-17(12-15)22(4,5)25-28(19)6/h8,10,12-14,16,23,25,27H,6-7,9,11H2,1-5H3. The summed E-state index contributed by atoms with van der Waals surface area (Å²) in [7, 11) is -0.161. The third-order valence-electron chi connectivity index (χ3n) is 5.76. The van der Waals surface area contributed by atoms with Gasteiger partial charge in [0.2, 0.25) is 0 Å². The van der Waals surface area contributed by atoms with Crippen LogP contribution in [0.2, 0.25) is 0 Å². The molecule has 0 saturated heterocycles. The van der Waals surface area contributed by atoms with Crippen LogP contribution in [0.1, 0.15) is 71.1 Å². The van der Waals surface area contributed by atoms with E-state index < -0.39 is 0 Å². The minimum atomic E-state index is -0.191. The number of hydrogen-bond donors (Lipinski definition) is 3. The molecular formula is C22H32N4OS. The number of aromatic nitrogens is 2. The number of nitrogens with zero attached hydrogens (tertiary/aromatic N) is 2. The van der Waals surface area contributed by atoms with Crippen LogP contribution in [0.15, 0.2) is 29.2 Å². The Hall–Kier alpha value is -1.63. The Kier molecular flexibility index (Phi) is 4.72. The van der Waals surface area contributed by atoms with Crippen molar-refractivity contribution in [1.82, 2.24) is 14.5 Å². The quantitative estimate of drug-likeness (QED) is 0.646. The second-order valence-corrected chi connectivity index (χ2v) is 11.1. The van der Waals surface area contributed by atoms with Crippen LogP contribution in [0.3, 0.4) is 0 Å². The van der Waals surface area contributed by atoms with Crippen LogP contribution in [0.5, 0.6) is 0 Å². The molecule has 2 aromatic rings. The maximum Gasteiger partial charge on any atom is 0.129 e. The van der Waals surface area contributed by atoms with E-state index in [1.807, 2.05) is 0 Å². The number of hydrogen-bond acceptors (Lipinski definition) is 4. The van der Waals surface area contributed by atoms with Crippen molar-refractivity contribution in [2.45, 2.75) is 81.9 Å². The predicted molar refractivity (Wildman–Crippen MR) is 119 cm³/mol. The first-order valence-electron chi connectivity index (χ1n) is 10.1. The van der Waals surface area contributed by atoms with Crippen LogP contribution in [-0.2, 0) is 11.1 Å². The Labute approximate surface area is 170 Å². The van der Waals surface area contributed by atoms with Crippen molar-refractivity contribution in [3.05, 3.63) is 35.5 Å². The summed E-state index contributed by atoms with van der Waals surface area (Å²) in [6.07, 6.45) is 2.50. The summed E-state index contributed by atoms with van der Waals surface area (Å²) in [5, 5.41) is 18.5. The Morgan fingerprint density at radius 3 is 2.68 bits per heavy atom. The molecule has 3 atom stereocenters. The van der Waals surface area contributed by atoms with E-state index in [4.69, 9.17) is 5.10 Å². The number of nitrogens with one attached hydrogen (secondary N) is 2. The first-order valence-corrected chi connectivity index (χ1v) is 11.5. The highest BCUT2D eigenvalue weighted by molar-refractivity contribution is 8.12. The molecule has 0 spiro atoms. The number of aliphatic hydroxyl groups excluding tert-OH is 1. The van der Waals surface area contributed by atoms with E-state index in [0.717, 1.165) is 36.5 Å². The predicted octanol–water partition coefficient (Wildman–Crippen LogP) is 4.82. The molecule has 1 aliphatic heterocycles. The summed E-state index contributed by atoms with van der Waals surface area (Å²) >= 11 is 0. The molecule has 3 N–H and O–H groups in total. The van der Waals surface area contributed by atoms with Crippen molar-refractivity contribution < 1.29 is 5.11 Å². The molecule has 152 valence electrons. The third-order valence-corrected chi connectivity index (χ3v) is 7.40. The van der Waals surface area contributed by atoms with E-state index in [9.17, 15) is 5.11 Å². The largest absolute Gasteiger partial charge is 0.393 e. The number of rotatable bonds is 3. The molecule has 1 aliphatic carbocycles. The highest BCUT2D eigenvalue weighted by Crippen LogP contribution is 2.44. The normalized spacial score (nSPS) is 26.4. The first-order chi connectivity index (χ1) is 13.0. The van der Waals surface area contributed by atoms with Gasteiger partial charge in [-0.15, -0.1) is 0 Å². The highest BCUT2D eigenvalue weighted by Gasteiger charge is 2.32. The smallest absolute Gasteiger partial charge is 0.129 e. The van der Waals surface area contributed by atoms with Gasteiger partial charge in [0.05, 0.1) is 17.3 Å². The summed E-state index contributed by atoms with van der Waals surface area (Å²) < 4.78 is 5.66. The zero-order valence-corrected chi connectivity index (χ0v) is 18.4. The molecule has 1 saturated carbocycles. The van der Waals surface area contributed by atoms with Crippen molar-refractivity contribution in [2.75, 3.05) is 5.32 Å². The molecule has 3 unspecified atom stereocenters. The van der Waals surface area contributed by atoms with E-state index in [1.165, 1.54) is 10.5 Å². The third kappa shape index (κ3) is 3.53. The number of aliphatic hydroxyl groups is 1. The molecule has 2 heterocycles. The molecule has 4 rings (SSSR count). The molecule has 0 amide bonds. The van der Waals surface area contributed by atoms with Crippen molar-refractivity contribution in [2.24, 2.45) is 0 Å². The molecule has 0 bridgehead atoms. The lowest BCUT2D eigenvalue weighted by Gasteiger charge is -2.23. The average Bonchev–Trinajstić information content (AvgIpc) is 3.25. The SMILES string of the molecule is C=S1NC(C)(C)c2cc(Nc3cc(C4CCC(O)C4)nn3C(C)(C)C)ccc21. The first kappa shape index (κ1) is 19.7. The fourth-order valence-electron chi connectivity index (χ4n) is 4.30. The molecule has 1 aromatic heterocycles. The summed E-state index contributed by atoms with van der Waals surface area (Å²) in [5.74, 6) is 5.59. The molecule has 1 aromatic carbocycles. The second-order valence-electron chi connectivity index (χ2n) is 9.65. The fourth-order valence-corrected chi connectivity index (χ4v) is 5.95. The lowest BCUT2D eigenvalue weighted by molar-refractivity contribution is 0.181. The van der Waals surface area contributed by atoms with Crippen molar-refractivity contribution in [3.63, 3.8) is 0 Å². The molecule has 0 radical (unpaired) electrons. The highest BCUT2D eigenvalue weighted by atomic mass is 32.2. The van der Waals surface area contributed by atoms with E-state index in [-0.39, 0.29) is 27.9 Å². The average molecular weight is 401 g/mol. The van der Waals surface area contributed by atoms with Gasteiger partial charge in [0.1, 0.15) is 5.82 Å². The van der Waals surface area contributed by atoms with E-state index >= 15 is 0 Å². The maximum absolute atomic E-state index is 9.93. The van der Waals surface area contributed by atoms with Crippen LogP contribution in [0.25, 0.3) is 0 Å². The van der Waals surface area contributed by atoms with Crippen LogP contribution in [-0.4, -0.2) is 26.9 Å². The Morgan fingerprint density at radius 2 is 2.04 bits per heavy atom.